The molecular weight excluding hydrogens is 164 g/mol. The number of aromatic nitrogens is 1. The summed E-state index contributed by atoms with van der Waals surface area (Å²) in [7, 11) is 0. The summed E-state index contributed by atoms with van der Waals surface area (Å²) < 4.78 is 0. The summed E-state index contributed by atoms with van der Waals surface area (Å²) >= 11 is 0. The molecule has 0 aliphatic carbocycles. The number of anilines is 1. The second kappa shape index (κ2) is 3.85. The number of aryl methyl sites for hydroxylation is 1. The summed E-state index contributed by atoms with van der Waals surface area (Å²) in [5.41, 5.74) is 2.50. The van der Waals surface area contributed by atoms with Gasteiger partial charge in [-0.2, -0.15) is 0 Å². The number of carbonyl (C=O) groups excluding carboxylic acids is 1. The maximum atomic E-state index is 10.8. The van der Waals surface area contributed by atoms with E-state index in [1.54, 1.807) is 12.3 Å². The summed E-state index contributed by atoms with van der Waals surface area (Å²) in [6.07, 6.45) is 3.33. The smallest absolute Gasteiger partial charge is 0.221 e. The van der Waals surface area contributed by atoms with Gasteiger partial charge in [0.05, 0.1) is 11.9 Å². The first-order chi connectivity index (χ1) is 6.13. The van der Waals surface area contributed by atoms with Crippen molar-refractivity contribution in [3.8, 4) is 0 Å². The number of nitrogens with one attached hydrogen (secondary N) is 1. The van der Waals surface area contributed by atoms with E-state index in [2.05, 4.69) is 16.9 Å². The maximum absolute atomic E-state index is 10.8. The Kier molecular flexibility index (Phi) is 2.80. The average molecular weight is 176 g/mol. The van der Waals surface area contributed by atoms with Crippen LogP contribution >= 0.6 is 0 Å². The van der Waals surface area contributed by atoms with Crippen LogP contribution in [-0.4, -0.2) is 10.9 Å². The first-order valence-electron chi connectivity index (χ1n) is 4.00. The molecule has 3 nitrogen and oxygen atoms in total. The molecule has 0 bridgehead atoms. The summed E-state index contributed by atoms with van der Waals surface area (Å²) in [4.78, 5) is 14.9. The van der Waals surface area contributed by atoms with E-state index >= 15 is 0 Å². The lowest BCUT2D eigenvalue weighted by Gasteiger charge is -2.06. The van der Waals surface area contributed by atoms with E-state index in [0.29, 0.717) is 5.69 Å². The van der Waals surface area contributed by atoms with Crippen molar-refractivity contribution in [2.24, 2.45) is 0 Å². The highest BCUT2D eigenvalue weighted by Gasteiger charge is 2.01. The molecule has 3 heteroatoms. The molecule has 0 spiro atoms. The third kappa shape index (κ3) is 2.40. The number of rotatable bonds is 2. The molecule has 0 aliphatic heterocycles. The van der Waals surface area contributed by atoms with Crippen molar-refractivity contribution < 1.29 is 4.79 Å². The van der Waals surface area contributed by atoms with Crippen LogP contribution in [0.4, 0.5) is 5.69 Å². The molecule has 68 valence electrons. The summed E-state index contributed by atoms with van der Waals surface area (Å²) in [5, 5.41) is 2.68. The van der Waals surface area contributed by atoms with Gasteiger partial charge in [0, 0.05) is 18.2 Å². The molecule has 0 unspecified atom stereocenters. The van der Waals surface area contributed by atoms with E-state index in [4.69, 9.17) is 0 Å². The Bertz CT molecular complexity index is 345. The molecule has 1 heterocycles. The molecule has 0 aliphatic rings. The third-order valence-corrected chi connectivity index (χ3v) is 1.60. The Hall–Kier alpha value is -1.64. The standard InChI is InChI=1S/C10H12N2O/c1-4-9-5-7(2)11-6-10(9)12-8(3)13/h4-6H,1H2,2-3H3,(H,12,13). The second-order valence-electron chi connectivity index (χ2n) is 2.80. The molecule has 1 aromatic heterocycles. The Morgan fingerprint density at radius 3 is 2.92 bits per heavy atom. The monoisotopic (exact) mass is 176 g/mol. The molecule has 0 saturated carbocycles. The molecule has 1 N–H and O–H groups in total. The largest absolute Gasteiger partial charge is 0.324 e. The Labute approximate surface area is 77.5 Å². The van der Waals surface area contributed by atoms with Gasteiger partial charge in [0.25, 0.3) is 0 Å². The number of nitrogens with zero attached hydrogens (tertiary/aromatic N) is 1. The highest BCUT2D eigenvalue weighted by molar-refractivity contribution is 5.90. The first kappa shape index (κ1) is 9.45. The van der Waals surface area contributed by atoms with Crippen molar-refractivity contribution in [3.63, 3.8) is 0 Å². The minimum atomic E-state index is -0.103. The van der Waals surface area contributed by atoms with E-state index in [0.717, 1.165) is 11.3 Å². The van der Waals surface area contributed by atoms with Crippen molar-refractivity contribution in [1.82, 2.24) is 4.98 Å². The van der Waals surface area contributed by atoms with Crippen LogP contribution < -0.4 is 5.32 Å². The lowest BCUT2D eigenvalue weighted by molar-refractivity contribution is -0.114. The van der Waals surface area contributed by atoms with Crippen molar-refractivity contribution in [1.29, 1.82) is 0 Å². The summed E-state index contributed by atoms with van der Waals surface area (Å²) in [6, 6.07) is 1.87. The Morgan fingerprint density at radius 2 is 2.38 bits per heavy atom. The van der Waals surface area contributed by atoms with Crippen LogP contribution in [0, 0.1) is 6.92 Å². The zero-order valence-electron chi connectivity index (χ0n) is 7.79. The summed E-state index contributed by atoms with van der Waals surface area (Å²) in [5.74, 6) is -0.103. The molecule has 0 fully saturated rings. The number of pyridine rings is 1. The van der Waals surface area contributed by atoms with Crippen LogP contribution in [0.5, 0.6) is 0 Å². The van der Waals surface area contributed by atoms with Crippen molar-refractivity contribution in [3.05, 3.63) is 30.1 Å². The molecule has 1 amide bonds. The number of hydrogen-bond donors (Lipinski definition) is 1. The van der Waals surface area contributed by atoms with Gasteiger partial charge < -0.3 is 5.32 Å². The molecule has 0 radical (unpaired) electrons. The van der Waals surface area contributed by atoms with Gasteiger partial charge in [0.15, 0.2) is 0 Å². The molecule has 13 heavy (non-hydrogen) atoms. The van der Waals surface area contributed by atoms with Gasteiger partial charge in [-0.25, -0.2) is 0 Å². The average Bonchev–Trinajstić information content (AvgIpc) is 2.07. The second-order valence-corrected chi connectivity index (χ2v) is 2.80. The zero-order chi connectivity index (χ0) is 9.84. The van der Waals surface area contributed by atoms with Crippen LogP contribution in [0.15, 0.2) is 18.8 Å². The van der Waals surface area contributed by atoms with Gasteiger partial charge in [0.2, 0.25) is 5.91 Å². The van der Waals surface area contributed by atoms with Gasteiger partial charge in [-0.1, -0.05) is 12.7 Å². The van der Waals surface area contributed by atoms with E-state index in [1.807, 2.05) is 13.0 Å². The van der Waals surface area contributed by atoms with Crippen LogP contribution in [0.3, 0.4) is 0 Å². The normalized spacial score (nSPS) is 9.38. The fraction of sp³-hybridized carbons (Fsp3) is 0.200. The van der Waals surface area contributed by atoms with E-state index < -0.39 is 0 Å². The van der Waals surface area contributed by atoms with Crippen molar-refractivity contribution in [2.45, 2.75) is 13.8 Å². The zero-order valence-corrected chi connectivity index (χ0v) is 7.79. The minimum absolute atomic E-state index is 0.103. The maximum Gasteiger partial charge on any atom is 0.221 e. The van der Waals surface area contributed by atoms with E-state index in [1.165, 1.54) is 6.92 Å². The number of hydrogen-bond acceptors (Lipinski definition) is 2. The predicted molar refractivity (Wildman–Crippen MR) is 53.4 cm³/mol. The van der Waals surface area contributed by atoms with Crippen molar-refractivity contribution in [2.75, 3.05) is 5.32 Å². The molecule has 0 saturated heterocycles. The topological polar surface area (TPSA) is 42.0 Å². The van der Waals surface area contributed by atoms with Gasteiger partial charge in [0.1, 0.15) is 0 Å². The number of carbonyl (C=O) groups is 1. The predicted octanol–water partition coefficient (Wildman–Crippen LogP) is 1.99. The number of amides is 1. The molecule has 0 aromatic carbocycles. The Balaban J connectivity index is 3.05. The molecule has 0 atom stereocenters. The van der Waals surface area contributed by atoms with Gasteiger partial charge in [-0.3, -0.25) is 9.78 Å². The van der Waals surface area contributed by atoms with Crippen LogP contribution in [0.2, 0.25) is 0 Å². The fourth-order valence-electron chi connectivity index (χ4n) is 1.04. The van der Waals surface area contributed by atoms with E-state index in [-0.39, 0.29) is 5.91 Å². The molecular formula is C10H12N2O. The minimum Gasteiger partial charge on any atom is -0.324 e. The highest BCUT2D eigenvalue weighted by Crippen LogP contribution is 2.15. The SMILES string of the molecule is C=Cc1cc(C)ncc1NC(C)=O. The van der Waals surface area contributed by atoms with Gasteiger partial charge in [-0.05, 0) is 13.0 Å². The quantitative estimate of drug-likeness (QED) is 0.748. The lowest BCUT2D eigenvalue weighted by Crippen LogP contribution is -2.07. The van der Waals surface area contributed by atoms with Crippen LogP contribution in [-0.2, 0) is 4.79 Å². The van der Waals surface area contributed by atoms with Crippen molar-refractivity contribution >= 4 is 17.7 Å². The molecule has 1 rings (SSSR count). The Morgan fingerprint density at radius 1 is 1.69 bits per heavy atom. The first-order valence-corrected chi connectivity index (χ1v) is 4.00. The molecule has 1 aromatic rings. The van der Waals surface area contributed by atoms with Gasteiger partial charge in [-0.15, -0.1) is 0 Å². The van der Waals surface area contributed by atoms with Crippen LogP contribution in [0.1, 0.15) is 18.2 Å². The lowest BCUT2D eigenvalue weighted by atomic mass is 10.2. The fourth-order valence-corrected chi connectivity index (χ4v) is 1.04. The van der Waals surface area contributed by atoms with Crippen LogP contribution in [0.25, 0.3) is 6.08 Å². The highest BCUT2D eigenvalue weighted by atomic mass is 16.1. The third-order valence-electron chi connectivity index (χ3n) is 1.60. The summed E-state index contributed by atoms with van der Waals surface area (Å²) in [6.45, 7) is 7.02. The van der Waals surface area contributed by atoms with Gasteiger partial charge >= 0.3 is 0 Å². The van der Waals surface area contributed by atoms with E-state index in [9.17, 15) is 4.79 Å².